The number of aliphatic hydroxyl groups excluding tert-OH is 6. The highest BCUT2D eigenvalue weighted by molar-refractivity contribution is 5.69. The van der Waals surface area contributed by atoms with Crippen molar-refractivity contribution in [2.24, 2.45) is 0 Å². The fourth-order valence-corrected chi connectivity index (χ4v) is 4.85. The molecule has 0 radical (unpaired) electrons. The van der Waals surface area contributed by atoms with E-state index in [-0.39, 0.29) is 12.8 Å². The first-order chi connectivity index (χ1) is 19.6. The van der Waals surface area contributed by atoms with Crippen molar-refractivity contribution in [1.29, 1.82) is 0 Å². The number of unbranched alkanes of at least 4 members (excludes halogenated alkanes) is 8. The third-order valence-corrected chi connectivity index (χ3v) is 7.48. The topological polar surface area (TPSA) is 202 Å². The van der Waals surface area contributed by atoms with Crippen molar-refractivity contribution >= 4 is 11.9 Å². The third kappa shape index (κ3) is 10.7. The predicted molar refractivity (Wildman–Crippen MR) is 143 cm³/mol. The summed E-state index contributed by atoms with van der Waals surface area (Å²) in [6.45, 7) is 2.28. The molecule has 0 aromatic rings. The van der Waals surface area contributed by atoms with Crippen molar-refractivity contribution in [2.75, 3.05) is 19.8 Å². The van der Waals surface area contributed by atoms with E-state index in [1.54, 1.807) is 0 Å². The summed E-state index contributed by atoms with van der Waals surface area (Å²) in [5, 5.41) is 62.2. The van der Waals surface area contributed by atoms with Gasteiger partial charge >= 0.3 is 11.9 Å². The van der Waals surface area contributed by atoms with Gasteiger partial charge in [-0.25, -0.2) is 0 Å². The van der Waals surface area contributed by atoms with Gasteiger partial charge in [0, 0.05) is 12.8 Å². The number of hydrogen-bond acceptors (Lipinski definition) is 13. The standard InChI is InChI=1S/C28H50O13/c1-3-5-7-9-11-13-20(30)37-16-19-22(32)24(34)25(35)27(39-19)41-28(26(36)23(33)18(15-29)40-28)17-38-21(31)14-12-10-8-6-4-2/h18-19,22-27,29,32-36H,3-17H2,1-2H3/t18-,19-,22-,23-,24+,25-,26+,27-,28+/m1/s1. The molecule has 0 amide bonds. The molecule has 0 spiro atoms. The summed E-state index contributed by atoms with van der Waals surface area (Å²) in [7, 11) is 0. The normalized spacial score (nSPS) is 33.6. The lowest BCUT2D eigenvalue weighted by Gasteiger charge is -2.43. The molecule has 13 heteroatoms. The van der Waals surface area contributed by atoms with E-state index in [1.807, 2.05) is 0 Å². The van der Waals surface area contributed by atoms with Gasteiger partial charge in [0.2, 0.25) is 5.79 Å². The molecule has 2 aliphatic rings. The van der Waals surface area contributed by atoms with E-state index in [2.05, 4.69) is 13.8 Å². The lowest BCUT2D eigenvalue weighted by Crippen LogP contribution is -2.63. The lowest BCUT2D eigenvalue weighted by molar-refractivity contribution is -0.383. The van der Waals surface area contributed by atoms with E-state index in [4.69, 9.17) is 23.7 Å². The Labute approximate surface area is 241 Å². The van der Waals surface area contributed by atoms with E-state index in [0.717, 1.165) is 51.4 Å². The van der Waals surface area contributed by atoms with Crippen LogP contribution in [-0.2, 0) is 33.3 Å². The first-order valence-corrected chi connectivity index (χ1v) is 14.9. The molecule has 2 heterocycles. The Balaban J connectivity index is 2.04. The van der Waals surface area contributed by atoms with Crippen LogP contribution in [0.5, 0.6) is 0 Å². The molecule has 0 aliphatic carbocycles. The molecule has 0 aromatic carbocycles. The number of rotatable bonds is 19. The third-order valence-electron chi connectivity index (χ3n) is 7.48. The predicted octanol–water partition coefficient (Wildman–Crippen LogP) is 0.427. The average Bonchev–Trinajstić information content (AvgIpc) is 3.20. The summed E-state index contributed by atoms with van der Waals surface area (Å²) in [5.74, 6) is -3.41. The minimum absolute atomic E-state index is 0.0986. The molecular formula is C28H50O13. The van der Waals surface area contributed by atoms with Gasteiger partial charge in [0.05, 0.1) is 6.61 Å². The number of carbonyl (C=O) groups is 2. The van der Waals surface area contributed by atoms with Gasteiger partial charge in [-0.05, 0) is 12.8 Å². The molecule has 2 saturated heterocycles. The minimum Gasteiger partial charge on any atom is -0.463 e. The summed E-state index contributed by atoms with van der Waals surface area (Å²) in [6.07, 6.45) is -3.74. The quantitative estimate of drug-likeness (QED) is 0.0888. The molecule has 240 valence electrons. The monoisotopic (exact) mass is 594 g/mol. The molecule has 2 rings (SSSR count). The SMILES string of the molecule is CCCCCCCC(=O)OC[C@H]1O[C@H](O[C@]2(COC(=O)CCCCCCC)O[C@H](CO)[C@@H](O)[C@@H]2O)[C@H](O)[C@@H](O)[C@@H]1O. The van der Waals surface area contributed by atoms with Crippen molar-refractivity contribution in [3.8, 4) is 0 Å². The van der Waals surface area contributed by atoms with Crippen LogP contribution in [0.3, 0.4) is 0 Å². The second-order valence-electron chi connectivity index (χ2n) is 10.9. The molecule has 13 nitrogen and oxygen atoms in total. The summed E-state index contributed by atoms with van der Waals surface area (Å²) >= 11 is 0. The molecule has 0 unspecified atom stereocenters. The van der Waals surface area contributed by atoms with E-state index in [0.29, 0.717) is 12.8 Å². The van der Waals surface area contributed by atoms with Gasteiger partial charge in [-0.2, -0.15) is 0 Å². The van der Waals surface area contributed by atoms with Gasteiger partial charge in [-0.3, -0.25) is 9.59 Å². The highest BCUT2D eigenvalue weighted by atomic mass is 16.8. The first kappa shape index (κ1) is 35.8. The maximum Gasteiger partial charge on any atom is 0.305 e. The fraction of sp³-hybridized carbons (Fsp3) is 0.929. The number of carbonyl (C=O) groups excluding carboxylic acids is 2. The summed E-state index contributed by atoms with van der Waals surface area (Å²) in [4.78, 5) is 24.5. The Morgan fingerprint density at radius 2 is 1.27 bits per heavy atom. The van der Waals surface area contributed by atoms with Crippen LogP contribution in [-0.4, -0.2) is 117 Å². The maximum absolute atomic E-state index is 12.4. The van der Waals surface area contributed by atoms with E-state index >= 15 is 0 Å². The van der Waals surface area contributed by atoms with Gasteiger partial charge in [0.25, 0.3) is 0 Å². The van der Waals surface area contributed by atoms with Gasteiger partial charge in [-0.1, -0.05) is 65.2 Å². The molecule has 6 N–H and O–H groups in total. The molecule has 0 bridgehead atoms. The minimum atomic E-state index is -2.28. The molecular weight excluding hydrogens is 544 g/mol. The van der Waals surface area contributed by atoms with E-state index in [9.17, 15) is 40.2 Å². The zero-order valence-electron chi connectivity index (χ0n) is 24.3. The molecule has 0 aromatic heterocycles. The van der Waals surface area contributed by atoms with Crippen LogP contribution in [0.4, 0.5) is 0 Å². The molecule has 41 heavy (non-hydrogen) atoms. The molecule has 2 fully saturated rings. The van der Waals surface area contributed by atoms with Crippen molar-refractivity contribution in [3.63, 3.8) is 0 Å². The summed E-state index contributed by atoms with van der Waals surface area (Å²) in [6, 6.07) is 0. The summed E-state index contributed by atoms with van der Waals surface area (Å²) < 4.78 is 27.4. The first-order valence-electron chi connectivity index (χ1n) is 14.9. The van der Waals surface area contributed by atoms with Crippen molar-refractivity contribution < 1.29 is 63.9 Å². The highest BCUT2D eigenvalue weighted by Crippen LogP contribution is 2.37. The van der Waals surface area contributed by atoms with Gasteiger partial charge in [-0.15, -0.1) is 0 Å². The van der Waals surface area contributed by atoms with Crippen LogP contribution in [0.15, 0.2) is 0 Å². The Bertz CT molecular complexity index is 767. The lowest BCUT2D eigenvalue weighted by atomic mass is 9.99. The smallest absolute Gasteiger partial charge is 0.305 e. The van der Waals surface area contributed by atoms with Gasteiger partial charge < -0.3 is 54.3 Å². The van der Waals surface area contributed by atoms with Gasteiger partial charge in [0.15, 0.2) is 6.29 Å². The Morgan fingerprint density at radius 3 is 1.80 bits per heavy atom. The fourth-order valence-electron chi connectivity index (χ4n) is 4.85. The average molecular weight is 595 g/mol. The molecule has 0 saturated carbocycles. The molecule has 2 aliphatic heterocycles. The van der Waals surface area contributed by atoms with Crippen LogP contribution in [0.2, 0.25) is 0 Å². The maximum atomic E-state index is 12.4. The second kappa shape index (κ2) is 18.3. The Morgan fingerprint density at radius 1 is 0.707 bits per heavy atom. The Hall–Kier alpha value is -1.42. The Kier molecular flexibility index (Phi) is 16.0. The molecule has 9 atom stereocenters. The van der Waals surface area contributed by atoms with Crippen LogP contribution in [0.1, 0.15) is 90.9 Å². The van der Waals surface area contributed by atoms with Gasteiger partial charge in [0.1, 0.15) is 55.9 Å². The summed E-state index contributed by atoms with van der Waals surface area (Å²) in [5.41, 5.74) is 0. The van der Waals surface area contributed by atoms with Crippen LogP contribution >= 0.6 is 0 Å². The second-order valence-corrected chi connectivity index (χ2v) is 10.9. The number of ether oxygens (including phenoxy) is 5. The number of hydrogen-bond donors (Lipinski definition) is 6. The van der Waals surface area contributed by atoms with Crippen LogP contribution < -0.4 is 0 Å². The van der Waals surface area contributed by atoms with E-state index in [1.165, 1.54) is 0 Å². The van der Waals surface area contributed by atoms with Crippen molar-refractivity contribution in [3.05, 3.63) is 0 Å². The zero-order valence-corrected chi connectivity index (χ0v) is 24.3. The van der Waals surface area contributed by atoms with E-state index < -0.39 is 86.6 Å². The van der Waals surface area contributed by atoms with Crippen molar-refractivity contribution in [1.82, 2.24) is 0 Å². The number of aliphatic hydroxyl groups is 6. The highest BCUT2D eigenvalue weighted by Gasteiger charge is 2.59. The largest absolute Gasteiger partial charge is 0.463 e. The van der Waals surface area contributed by atoms with Crippen LogP contribution in [0.25, 0.3) is 0 Å². The number of esters is 2. The zero-order chi connectivity index (χ0) is 30.4. The van der Waals surface area contributed by atoms with Crippen molar-refractivity contribution in [2.45, 2.75) is 146 Å². The van der Waals surface area contributed by atoms with Crippen LogP contribution in [0, 0.1) is 0 Å².